The second kappa shape index (κ2) is 11.1. The number of aromatic nitrogens is 2. The van der Waals surface area contributed by atoms with E-state index in [0.29, 0.717) is 57.5 Å². The molecule has 0 radical (unpaired) electrons. The lowest BCUT2D eigenvalue weighted by atomic mass is 10.2. The maximum Gasteiger partial charge on any atom is 0.303 e. The minimum absolute atomic E-state index is 0.0582. The molecule has 1 N–H and O–H groups in total. The molecule has 196 valence electrons. The average Bonchev–Trinajstić information content (AvgIpc) is 3.17. The smallest absolute Gasteiger partial charge is 0.303 e. The van der Waals surface area contributed by atoms with Gasteiger partial charge in [-0.1, -0.05) is 47.7 Å². The standard InChI is InChI=1S/C26H24ClN5O4S2/c27-17-5-3-6-18(15-17)29-11-13-30(14-12-29)23-19(24(35)31-9-2-1-7-21(31)28-23)16-20-25(36)32(26(37)38-20)10-4-8-22(33)34/h1-3,5-7,9,15-16H,4,8,10-14H2,(H,33,34). The SMILES string of the molecule is O=C(O)CCCN1C(=O)C(=Cc2c(N3CCN(c4cccc(Cl)c4)CC3)nc3ccccn3c2=O)SC1=S. The van der Waals surface area contributed by atoms with E-state index in [-0.39, 0.29) is 30.9 Å². The van der Waals surface area contributed by atoms with Crippen molar-refractivity contribution in [1.29, 1.82) is 0 Å². The van der Waals surface area contributed by atoms with Gasteiger partial charge in [-0.05, 0) is 42.8 Å². The first-order valence-corrected chi connectivity index (χ1v) is 13.7. The fourth-order valence-corrected chi connectivity index (χ4v) is 5.99. The molecule has 12 heteroatoms. The van der Waals surface area contributed by atoms with E-state index >= 15 is 0 Å². The number of thiocarbonyl (C=S) groups is 1. The number of halogens is 1. The highest BCUT2D eigenvalue weighted by Crippen LogP contribution is 2.34. The first kappa shape index (κ1) is 26.2. The predicted molar refractivity (Wildman–Crippen MR) is 154 cm³/mol. The van der Waals surface area contributed by atoms with Crippen LogP contribution in [0.15, 0.2) is 58.4 Å². The van der Waals surface area contributed by atoms with Gasteiger partial charge in [0.1, 0.15) is 15.8 Å². The molecule has 0 atom stereocenters. The first-order chi connectivity index (χ1) is 18.3. The van der Waals surface area contributed by atoms with E-state index in [1.165, 1.54) is 9.30 Å². The Hall–Kier alpha value is -3.41. The van der Waals surface area contributed by atoms with Crippen molar-refractivity contribution in [3.05, 3.63) is 74.5 Å². The van der Waals surface area contributed by atoms with Crippen LogP contribution in [-0.2, 0) is 9.59 Å². The van der Waals surface area contributed by atoms with E-state index in [2.05, 4.69) is 9.80 Å². The summed E-state index contributed by atoms with van der Waals surface area (Å²) in [5.74, 6) is -0.746. The van der Waals surface area contributed by atoms with Crippen molar-refractivity contribution in [2.75, 3.05) is 42.5 Å². The highest BCUT2D eigenvalue weighted by molar-refractivity contribution is 8.26. The zero-order valence-electron chi connectivity index (χ0n) is 20.2. The van der Waals surface area contributed by atoms with Gasteiger partial charge < -0.3 is 14.9 Å². The molecule has 5 rings (SSSR count). The molecule has 2 aliphatic heterocycles. The highest BCUT2D eigenvalue weighted by Gasteiger charge is 2.33. The molecule has 9 nitrogen and oxygen atoms in total. The van der Waals surface area contributed by atoms with Gasteiger partial charge in [-0.25, -0.2) is 4.98 Å². The van der Waals surface area contributed by atoms with E-state index in [1.807, 2.05) is 30.3 Å². The minimum Gasteiger partial charge on any atom is -0.481 e. The molecule has 0 aliphatic carbocycles. The van der Waals surface area contributed by atoms with Crippen LogP contribution >= 0.6 is 35.6 Å². The number of aliphatic carboxylic acids is 1. The van der Waals surface area contributed by atoms with Crippen LogP contribution in [0, 0.1) is 0 Å². The van der Waals surface area contributed by atoms with Crippen LogP contribution in [0.1, 0.15) is 18.4 Å². The number of hydrogen-bond acceptors (Lipinski definition) is 8. The Bertz CT molecular complexity index is 1520. The molecule has 2 saturated heterocycles. The first-order valence-electron chi connectivity index (χ1n) is 12.1. The fourth-order valence-electron chi connectivity index (χ4n) is 4.52. The van der Waals surface area contributed by atoms with E-state index in [1.54, 1.807) is 24.4 Å². The summed E-state index contributed by atoms with van der Waals surface area (Å²) >= 11 is 12.7. The average molecular weight is 570 g/mol. The Morgan fingerprint density at radius 3 is 2.61 bits per heavy atom. The molecule has 3 aromatic rings. The fraction of sp³-hybridized carbons (Fsp3) is 0.269. The zero-order valence-corrected chi connectivity index (χ0v) is 22.6. The number of carboxylic acids is 1. The molecule has 2 fully saturated rings. The monoisotopic (exact) mass is 569 g/mol. The molecule has 0 unspecified atom stereocenters. The number of thioether (sulfide) groups is 1. The molecule has 0 spiro atoms. The van der Waals surface area contributed by atoms with Gasteiger partial charge in [0.05, 0.1) is 10.5 Å². The number of rotatable bonds is 7. The maximum atomic E-state index is 13.6. The summed E-state index contributed by atoms with van der Waals surface area (Å²) in [4.78, 5) is 48.4. The van der Waals surface area contributed by atoms with Gasteiger partial charge in [-0.2, -0.15) is 0 Å². The van der Waals surface area contributed by atoms with Crippen LogP contribution < -0.4 is 15.4 Å². The van der Waals surface area contributed by atoms with Crippen LogP contribution in [0.2, 0.25) is 5.02 Å². The van der Waals surface area contributed by atoms with Gasteiger partial charge in [0, 0.05) is 56.1 Å². The molecule has 38 heavy (non-hydrogen) atoms. The second-order valence-electron chi connectivity index (χ2n) is 8.87. The van der Waals surface area contributed by atoms with Crippen LogP contribution in [-0.4, -0.2) is 68.3 Å². The Labute approximate surface area is 233 Å². The zero-order chi connectivity index (χ0) is 26.8. The summed E-state index contributed by atoms with van der Waals surface area (Å²) in [6.45, 7) is 2.88. The summed E-state index contributed by atoms with van der Waals surface area (Å²) in [7, 11) is 0. The van der Waals surface area contributed by atoms with Crippen molar-refractivity contribution >= 4 is 75.0 Å². The van der Waals surface area contributed by atoms with Crippen molar-refractivity contribution in [3.63, 3.8) is 0 Å². The number of carboxylic acid groups (broad SMARTS) is 1. The molecule has 0 saturated carbocycles. The van der Waals surface area contributed by atoms with Crippen LogP contribution in [0.4, 0.5) is 11.5 Å². The normalized spacial score (nSPS) is 17.2. The van der Waals surface area contributed by atoms with Crippen molar-refractivity contribution in [2.45, 2.75) is 12.8 Å². The third-order valence-electron chi connectivity index (χ3n) is 6.42. The number of amides is 1. The van der Waals surface area contributed by atoms with E-state index < -0.39 is 5.97 Å². The molecular weight excluding hydrogens is 546 g/mol. The van der Waals surface area contributed by atoms with Gasteiger partial charge in [0.15, 0.2) is 0 Å². The number of nitrogens with zero attached hydrogens (tertiary/aromatic N) is 5. The number of piperazine rings is 1. The number of hydrogen-bond donors (Lipinski definition) is 1. The molecule has 1 amide bonds. The van der Waals surface area contributed by atoms with Gasteiger partial charge in [-0.3, -0.25) is 23.7 Å². The minimum atomic E-state index is -0.929. The molecule has 0 bridgehead atoms. The molecular formula is C26H24ClN5O4S2. The van der Waals surface area contributed by atoms with Gasteiger partial charge in [0.25, 0.3) is 11.5 Å². The van der Waals surface area contributed by atoms with Crippen molar-refractivity contribution in [1.82, 2.24) is 14.3 Å². The molecule has 2 aliphatic rings. The number of anilines is 2. The summed E-state index contributed by atoms with van der Waals surface area (Å²) in [5, 5.41) is 9.60. The third kappa shape index (κ3) is 5.40. The van der Waals surface area contributed by atoms with Crippen molar-refractivity contribution in [3.8, 4) is 0 Å². The van der Waals surface area contributed by atoms with Crippen LogP contribution in [0.3, 0.4) is 0 Å². The lowest BCUT2D eigenvalue weighted by molar-refractivity contribution is -0.137. The van der Waals surface area contributed by atoms with Crippen LogP contribution in [0.25, 0.3) is 11.7 Å². The predicted octanol–water partition coefficient (Wildman–Crippen LogP) is 3.74. The number of fused-ring (bicyclic) bond motifs is 1. The summed E-state index contributed by atoms with van der Waals surface area (Å²) in [6, 6.07) is 13.1. The maximum absolute atomic E-state index is 13.6. The Balaban J connectivity index is 1.46. The van der Waals surface area contributed by atoms with E-state index in [9.17, 15) is 14.4 Å². The Morgan fingerprint density at radius 1 is 1.11 bits per heavy atom. The number of benzene rings is 1. The van der Waals surface area contributed by atoms with Gasteiger partial charge >= 0.3 is 5.97 Å². The molecule has 1 aromatic carbocycles. The quantitative estimate of drug-likeness (QED) is 0.337. The largest absolute Gasteiger partial charge is 0.481 e. The number of carbonyl (C=O) groups is 2. The van der Waals surface area contributed by atoms with E-state index in [0.717, 1.165) is 17.4 Å². The lowest BCUT2D eigenvalue weighted by Crippen LogP contribution is -2.47. The van der Waals surface area contributed by atoms with E-state index in [4.69, 9.17) is 33.9 Å². The topological polar surface area (TPSA) is 98.5 Å². The highest BCUT2D eigenvalue weighted by atomic mass is 35.5. The molecule has 2 aromatic heterocycles. The molecule has 4 heterocycles. The summed E-state index contributed by atoms with van der Waals surface area (Å²) in [6.07, 6.45) is 3.46. The summed E-state index contributed by atoms with van der Waals surface area (Å²) < 4.78 is 1.81. The number of pyridine rings is 1. The lowest BCUT2D eigenvalue weighted by Gasteiger charge is -2.37. The second-order valence-corrected chi connectivity index (χ2v) is 11.0. The third-order valence-corrected chi connectivity index (χ3v) is 8.04. The Morgan fingerprint density at radius 2 is 1.87 bits per heavy atom. The van der Waals surface area contributed by atoms with Crippen molar-refractivity contribution in [2.24, 2.45) is 0 Å². The van der Waals surface area contributed by atoms with Crippen molar-refractivity contribution < 1.29 is 14.7 Å². The number of carbonyl (C=O) groups excluding carboxylic acids is 1. The van der Waals surface area contributed by atoms with Crippen LogP contribution in [0.5, 0.6) is 0 Å². The summed E-state index contributed by atoms with van der Waals surface area (Å²) in [5.41, 5.74) is 1.59. The van der Waals surface area contributed by atoms with Gasteiger partial charge in [-0.15, -0.1) is 0 Å². The van der Waals surface area contributed by atoms with Gasteiger partial charge in [0.2, 0.25) is 0 Å². The Kier molecular flexibility index (Phi) is 7.68.